The highest BCUT2D eigenvalue weighted by Gasteiger charge is 2.27. The van der Waals surface area contributed by atoms with Crippen LogP contribution in [-0.4, -0.2) is 21.1 Å². The Morgan fingerprint density at radius 3 is 2.18 bits per heavy atom. The van der Waals surface area contributed by atoms with Gasteiger partial charge in [-0.1, -0.05) is 15.9 Å². The molecule has 1 aromatic rings. The van der Waals surface area contributed by atoms with Gasteiger partial charge in [-0.25, -0.2) is 13.1 Å². The highest BCUT2D eigenvalue weighted by Crippen LogP contribution is 2.19. The van der Waals surface area contributed by atoms with Gasteiger partial charge >= 0.3 is 6.18 Å². The van der Waals surface area contributed by atoms with Crippen LogP contribution in [0.3, 0.4) is 0 Å². The summed E-state index contributed by atoms with van der Waals surface area (Å²) in [7, 11) is -3.87. The van der Waals surface area contributed by atoms with Gasteiger partial charge in [0, 0.05) is 11.0 Å². The molecule has 0 aliphatic heterocycles. The molecule has 0 radical (unpaired) electrons. The molecule has 1 N–H and O–H groups in total. The molecule has 0 saturated heterocycles. The third-order valence-electron chi connectivity index (χ3n) is 1.82. The van der Waals surface area contributed by atoms with Crippen molar-refractivity contribution in [2.24, 2.45) is 0 Å². The summed E-state index contributed by atoms with van der Waals surface area (Å²) in [4.78, 5) is -0.0668. The van der Waals surface area contributed by atoms with Crippen LogP contribution in [0.25, 0.3) is 0 Å². The van der Waals surface area contributed by atoms with Crippen LogP contribution in [0.15, 0.2) is 33.6 Å². The second-order valence-electron chi connectivity index (χ2n) is 3.22. The largest absolute Gasteiger partial charge is 0.390 e. The van der Waals surface area contributed by atoms with Crippen molar-refractivity contribution in [3.63, 3.8) is 0 Å². The molecule has 0 unspecified atom stereocenters. The predicted molar refractivity (Wildman–Crippen MR) is 60.0 cm³/mol. The second-order valence-corrected chi connectivity index (χ2v) is 5.90. The molecule has 96 valence electrons. The Hall–Kier alpha value is -0.600. The summed E-state index contributed by atoms with van der Waals surface area (Å²) in [5, 5.41) is 0. The van der Waals surface area contributed by atoms with Crippen LogP contribution in [0, 0.1) is 0 Å². The zero-order chi connectivity index (χ0) is 13.1. The SMILES string of the molecule is O=S(=O)(NCCC(F)(F)F)c1ccc(Br)cc1. The zero-order valence-corrected chi connectivity index (χ0v) is 10.9. The Balaban J connectivity index is 2.66. The smallest absolute Gasteiger partial charge is 0.211 e. The Bertz CT molecular complexity index is 470. The van der Waals surface area contributed by atoms with Crippen LogP contribution >= 0.6 is 15.9 Å². The van der Waals surface area contributed by atoms with Gasteiger partial charge in [0.05, 0.1) is 11.3 Å². The van der Waals surface area contributed by atoms with Gasteiger partial charge in [0.1, 0.15) is 0 Å². The van der Waals surface area contributed by atoms with Gasteiger partial charge in [0.15, 0.2) is 0 Å². The molecule has 0 aromatic heterocycles. The number of hydrogen-bond donors (Lipinski definition) is 1. The summed E-state index contributed by atoms with van der Waals surface area (Å²) >= 11 is 3.13. The molecule has 0 saturated carbocycles. The van der Waals surface area contributed by atoms with E-state index in [1.54, 1.807) is 0 Å². The maximum Gasteiger partial charge on any atom is 0.390 e. The van der Waals surface area contributed by atoms with Crippen molar-refractivity contribution < 1.29 is 21.6 Å². The predicted octanol–water partition coefficient (Wildman–Crippen LogP) is 2.68. The second kappa shape index (κ2) is 5.36. The van der Waals surface area contributed by atoms with E-state index in [4.69, 9.17) is 0 Å². The summed E-state index contributed by atoms with van der Waals surface area (Å²) < 4.78 is 61.2. The van der Waals surface area contributed by atoms with Crippen molar-refractivity contribution >= 4 is 26.0 Å². The molecule has 0 atom stereocenters. The molecule has 0 amide bonds. The van der Waals surface area contributed by atoms with Crippen molar-refractivity contribution in [3.05, 3.63) is 28.7 Å². The Morgan fingerprint density at radius 1 is 1.18 bits per heavy atom. The van der Waals surface area contributed by atoms with Gasteiger partial charge in [0.2, 0.25) is 10.0 Å². The van der Waals surface area contributed by atoms with Crippen LogP contribution in [-0.2, 0) is 10.0 Å². The van der Waals surface area contributed by atoms with Gasteiger partial charge in [-0.2, -0.15) is 13.2 Å². The molecular weight excluding hydrogens is 323 g/mol. The van der Waals surface area contributed by atoms with Crippen LogP contribution in [0.4, 0.5) is 13.2 Å². The lowest BCUT2D eigenvalue weighted by atomic mass is 10.4. The fourth-order valence-electron chi connectivity index (χ4n) is 1.02. The lowest BCUT2D eigenvalue weighted by Crippen LogP contribution is -2.28. The fraction of sp³-hybridized carbons (Fsp3) is 0.333. The number of benzene rings is 1. The topological polar surface area (TPSA) is 46.2 Å². The van der Waals surface area contributed by atoms with Crippen LogP contribution in [0.2, 0.25) is 0 Å². The van der Waals surface area contributed by atoms with E-state index in [1.165, 1.54) is 24.3 Å². The van der Waals surface area contributed by atoms with Crippen molar-refractivity contribution in [3.8, 4) is 0 Å². The van der Waals surface area contributed by atoms with E-state index in [-0.39, 0.29) is 4.90 Å². The van der Waals surface area contributed by atoms with E-state index in [1.807, 2.05) is 4.72 Å². The van der Waals surface area contributed by atoms with Crippen molar-refractivity contribution in [1.82, 2.24) is 4.72 Å². The minimum absolute atomic E-state index is 0.0668. The molecule has 3 nitrogen and oxygen atoms in total. The number of sulfonamides is 1. The molecule has 0 spiro atoms. The standard InChI is InChI=1S/C9H9BrF3NO2S/c10-7-1-3-8(4-2-7)17(15,16)14-6-5-9(11,12)13/h1-4,14H,5-6H2. The molecule has 0 bridgehead atoms. The summed E-state index contributed by atoms with van der Waals surface area (Å²) in [6.45, 7) is -0.665. The average Bonchev–Trinajstić information content (AvgIpc) is 2.15. The van der Waals surface area contributed by atoms with Crippen LogP contribution in [0.5, 0.6) is 0 Å². The molecule has 17 heavy (non-hydrogen) atoms. The van der Waals surface area contributed by atoms with Gasteiger partial charge < -0.3 is 0 Å². The number of nitrogens with one attached hydrogen (secondary N) is 1. The first-order valence-corrected chi connectivity index (χ1v) is 6.80. The van der Waals surface area contributed by atoms with Crippen molar-refractivity contribution in [2.75, 3.05) is 6.54 Å². The normalized spacial score (nSPS) is 12.7. The third kappa shape index (κ3) is 5.05. The lowest BCUT2D eigenvalue weighted by Gasteiger charge is -2.08. The highest BCUT2D eigenvalue weighted by molar-refractivity contribution is 9.10. The number of halogens is 4. The number of rotatable bonds is 4. The molecule has 0 aliphatic carbocycles. The Labute approximate surface area is 105 Å². The Morgan fingerprint density at radius 2 is 1.71 bits per heavy atom. The van der Waals surface area contributed by atoms with Gasteiger partial charge in [-0.3, -0.25) is 0 Å². The van der Waals surface area contributed by atoms with Gasteiger partial charge in [-0.15, -0.1) is 0 Å². The quantitative estimate of drug-likeness (QED) is 0.922. The number of hydrogen-bond acceptors (Lipinski definition) is 2. The highest BCUT2D eigenvalue weighted by atomic mass is 79.9. The minimum Gasteiger partial charge on any atom is -0.211 e. The van der Waals surface area contributed by atoms with Gasteiger partial charge in [0.25, 0.3) is 0 Å². The molecule has 1 rings (SSSR count). The van der Waals surface area contributed by atoms with Gasteiger partial charge in [-0.05, 0) is 24.3 Å². The van der Waals surface area contributed by atoms with E-state index in [0.29, 0.717) is 4.47 Å². The summed E-state index contributed by atoms with van der Waals surface area (Å²) in [6.07, 6.45) is -5.56. The average molecular weight is 332 g/mol. The lowest BCUT2D eigenvalue weighted by molar-refractivity contribution is -0.132. The molecule has 0 aliphatic rings. The third-order valence-corrected chi connectivity index (χ3v) is 3.83. The van der Waals surface area contributed by atoms with E-state index in [9.17, 15) is 21.6 Å². The van der Waals surface area contributed by atoms with Crippen LogP contribution in [0.1, 0.15) is 6.42 Å². The van der Waals surface area contributed by atoms with Crippen molar-refractivity contribution in [1.29, 1.82) is 0 Å². The molecule has 1 aromatic carbocycles. The minimum atomic E-state index is -4.37. The molecule has 0 heterocycles. The molecule has 8 heteroatoms. The maximum atomic E-state index is 11.8. The summed E-state index contributed by atoms with van der Waals surface area (Å²) in [5.41, 5.74) is 0. The van der Waals surface area contributed by atoms with E-state index >= 15 is 0 Å². The number of alkyl halides is 3. The van der Waals surface area contributed by atoms with Crippen molar-refractivity contribution in [2.45, 2.75) is 17.5 Å². The molecule has 0 fully saturated rings. The monoisotopic (exact) mass is 331 g/mol. The summed E-state index contributed by atoms with van der Waals surface area (Å²) in [6, 6.07) is 5.61. The molecular formula is C9H9BrF3NO2S. The first-order chi connectivity index (χ1) is 7.71. The first-order valence-electron chi connectivity index (χ1n) is 4.53. The fourth-order valence-corrected chi connectivity index (χ4v) is 2.32. The first kappa shape index (κ1) is 14.5. The maximum absolute atomic E-state index is 11.8. The van der Waals surface area contributed by atoms with Crippen LogP contribution < -0.4 is 4.72 Å². The van der Waals surface area contributed by atoms with E-state index < -0.39 is 29.2 Å². The van der Waals surface area contributed by atoms with E-state index in [2.05, 4.69) is 15.9 Å². The zero-order valence-electron chi connectivity index (χ0n) is 8.46. The Kier molecular flexibility index (Phi) is 4.56. The van der Waals surface area contributed by atoms with E-state index in [0.717, 1.165) is 0 Å². The summed E-state index contributed by atoms with van der Waals surface area (Å²) in [5.74, 6) is 0.